The van der Waals surface area contributed by atoms with Crippen molar-refractivity contribution >= 4 is 5.91 Å². The van der Waals surface area contributed by atoms with E-state index in [4.69, 9.17) is 4.74 Å². The molecule has 4 heteroatoms. The van der Waals surface area contributed by atoms with Gasteiger partial charge in [-0.05, 0) is 33.1 Å². The molecule has 0 aliphatic carbocycles. The van der Waals surface area contributed by atoms with E-state index in [9.17, 15) is 4.79 Å². The Morgan fingerprint density at radius 2 is 2.35 bits per heavy atom. The fourth-order valence-electron chi connectivity index (χ4n) is 3.02. The number of rotatable bonds is 4. The molecule has 4 atom stereocenters. The number of hydrogen-bond acceptors (Lipinski definition) is 3. The molecule has 0 radical (unpaired) electrons. The fraction of sp³-hybridized carbons (Fsp3) is 0.923. The lowest BCUT2D eigenvalue weighted by Crippen LogP contribution is -2.47. The molecule has 0 aromatic rings. The van der Waals surface area contributed by atoms with Gasteiger partial charge in [-0.3, -0.25) is 10.1 Å². The molecule has 2 rings (SSSR count). The summed E-state index contributed by atoms with van der Waals surface area (Å²) in [6.45, 7) is 7.14. The lowest BCUT2D eigenvalue weighted by Gasteiger charge is -2.31. The van der Waals surface area contributed by atoms with Gasteiger partial charge in [0.05, 0.1) is 24.4 Å². The molecule has 2 aliphatic heterocycles. The Kier molecular flexibility index (Phi) is 4.05. The van der Waals surface area contributed by atoms with Gasteiger partial charge in [0, 0.05) is 6.61 Å². The lowest BCUT2D eigenvalue weighted by atomic mass is 10.1. The van der Waals surface area contributed by atoms with Crippen molar-refractivity contribution in [2.24, 2.45) is 0 Å². The minimum absolute atomic E-state index is 0.0128. The zero-order valence-electron chi connectivity index (χ0n) is 11.1. The highest BCUT2D eigenvalue weighted by Crippen LogP contribution is 2.24. The maximum absolute atomic E-state index is 12.3. The van der Waals surface area contributed by atoms with Crippen molar-refractivity contribution in [3.8, 4) is 0 Å². The Morgan fingerprint density at radius 1 is 1.59 bits per heavy atom. The van der Waals surface area contributed by atoms with Gasteiger partial charge in [-0.15, -0.1) is 0 Å². The highest BCUT2D eigenvalue weighted by molar-refractivity contribution is 5.84. The maximum Gasteiger partial charge on any atom is 0.241 e. The van der Waals surface area contributed by atoms with Crippen LogP contribution in [0.1, 0.15) is 46.5 Å². The molecule has 0 aromatic heterocycles. The molecule has 17 heavy (non-hydrogen) atoms. The summed E-state index contributed by atoms with van der Waals surface area (Å²) in [4.78, 5) is 14.3. The zero-order valence-corrected chi connectivity index (χ0v) is 11.1. The molecule has 0 bridgehead atoms. The Balaban J connectivity index is 2.01. The van der Waals surface area contributed by atoms with Crippen molar-refractivity contribution in [3.05, 3.63) is 0 Å². The molecule has 1 amide bonds. The Bertz CT molecular complexity index is 277. The number of amides is 1. The second-order valence-electron chi connectivity index (χ2n) is 5.22. The smallest absolute Gasteiger partial charge is 0.241 e. The van der Waals surface area contributed by atoms with Crippen LogP contribution < -0.4 is 5.32 Å². The molecule has 2 aliphatic rings. The van der Waals surface area contributed by atoms with Crippen molar-refractivity contribution in [1.82, 2.24) is 10.2 Å². The standard InChI is InChI=1S/C13H24N2O2/c1-4-6-11-13(16)15(10(3)14-11)9(2)12-7-5-8-17-12/h9-12,14H,4-8H2,1-3H3. The van der Waals surface area contributed by atoms with E-state index in [1.807, 2.05) is 4.90 Å². The second-order valence-corrected chi connectivity index (χ2v) is 5.22. The zero-order chi connectivity index (χ0) is 12.4. The first-order valence-corrected chi connectivity index (χ1v) is 6.85. The largest absolute Gasteiger partial charge is 0.376 e. The van der Waals surface area contributed by atoms with Crippen LogP contribution >= 0.6 is 0 Å². The van der Waals surface area contributed by atoms with Gasteiger partial charge >= 0.3 is 0 Å². The van der Waals surface area contributed by atoms with Gasteiger partial charge in [-0.25, -0.2) is 0 Å². The van der Waals surface area contributed by atoms with E-state index in [2.05, 4.69) is 26.1 Å². The van der Waals surface area contributed by atoms with Crippen LogP contribution in [0.15, 0.2) is 0 Å². The van der Waals surface area contributed by atoms with E-state index in [1.165, 1.54) is 0 Å². The van der Waals surface area contributed by atoms with Crippen LogP contribution in [-0.2, 0) is 9.53 Å². The van der Waals surface area contributed by atoms with Crippen LogP contribution in [0, 0.1) is 0 Å². The third-order valence-corrected chi connectivity index (χ3v) is 3.93. The van der Waals surface area contributed by atoms with Crippen molar-refractivity contribution in [2.45, 2.75) is 70.8 Å². The molecule has 4 unspecified atom stereocenters. The number of carbonyl (C=O) groups excluding carboxylic acids is 1. The quantitative estimate of drug-likeness (QED) is 0.809. The number of nitrogens with one attached hydrogen (secondary N) is 1. The van der Waals surface area contributed by atoms with Crippen molar-refractivity contribution in [3.63, 3.8) is 0 Å². The normalized spacial score (nSPS) is 35.6. The highest BCUT2D eigenvalue weighted by atomic mass is 16.5. The molecular formula is C13H24N2O2. The van der Waals surface area contributed by atoms with Crippen LogP contribution in [0.2, 0.25) is 0 Å². The summed E-state index contributed by atoms with van der Waals surface area (Å²) >= 11 is 0. The minimum Gasteiger partial charge on any atom is -0.376 e. The molecule has 4 nitrogen and oxygen atoms in total. The van der Waals surface area contributed by atoms with E-state index >= 15 is 0 Å². The van der Waals surface area contributed by atoms with Crippen LogP contribution in [0.3, 0.4) is 0 Å². The SMILES string of the molecule is CCCC1NC(C)N(C(C)C2CCCO2)C1=O. The van der Waals surface area contributed by atoms with Crippen LogP contribution in [-0.4, -0.2) is 41.8 Å². The first kappa shape index (κ1) is 12.8. The molecule has 0 aromatic carbocycles. The summed E-state index contributed by atoms with van der Waals surface area (Å²) in [5, 5.41) is 3.38. The van der Waals surface area contributed by atoms with Crippen LogP contribution in [0.4, 0.5) is 0 Å². The average molecular weight is 240 g/mol. The predicted octanol–water partition coefficient (Wildman–Crippen LogP) is 1.50. The van der Waals surface area contributed by atoms with Crippen molar-refractivity contribution in [2.75, 3.05) is 6.61 Å². The third kappa shape index (κ3) is 2.47. The van der Waals surface area contributed by atoms with E-state index in [0.717, 1.165) is 32.3 Å². The fourth-order valence-corrected chi connectivity index (χ4v) is 3.02. The van der Waals surface area contributed by atoms with Gasteiger partial charge in [0.1, 0.15) is 0 Å². The van der Waals surface area contributed by atoms with Gasteiger partial charge in [-0.2, -0.15) is 0 Å². The minimum atomic E-state index is 0.0128. The molecule has 2 heterocycles. The summed E-state index contributed by atoms with van der Waals surface area (Å²) in [7, 11) is 0. The van der Waals surface area contributed by atoms with E-state index in [1.54, 1.807) is 0 Å². The van der Waals surface area contributed by atoms with Crippen molar-refractivity contribution < 1.29 is 9.53 Å². The number of hydrogen-bond donors (Lipinski definition) is 1. The molecule has 1 N–H and O–H groups in total. The Morgan fingerprint density at radius 3 is 2.94 bits per heavy atom. The number of ether oxygens (including phenoxy) is 1. The van der Waals surface area contributed by atoms with Crippen LogP contribution in [0.25, 0.3) is 0 Å². The highest BCUT2D eigenvalue weighted by Gasteiger charge is 2.41. The first-order valence-electron chi connectivity index (χ1n) is 6.85. The number of nitrogens with zero attached hydrogens (tertiary/aromatic N) is 1. The Labute approximate surface area is 104 Å². The molecule has 98 valence electrons. The molecule has 2 fully saturated rings. The molecule has 0 saturated carbocycles. The Hall–Kier alpha value is -0.610. The summed E-state index contributed by atoms with van der Waals surface area (Å²) < 4.78 is 5.70. The van der Waals surface area contributed by atoms with Gasteiger partial charge in [0.15, 0.2) is 0 Å². The number of carbonyl (C=O) groups is 1. The van der Waals surface area contributed by atoms with Gasteiger partial charge in [0.2, 0.25) is 5.91 Å². The van der Waals surface area contributed by atoms with E-state index < -0.39 is 0 Å². The van der Waals surface area contributed by atoms with E-state index in [0.29, 0.717) is 0 Å². The van der Waals surface area contributed by atoms with Gasteiger partial charge in [0.25, 0.3) is 0 Å². The molecular weight excluding hydrogens is 216 g/mol. The molecule has 0 spiro atoms. The summed E-state index contributed by atoms with van der Waals surface area (Å²) in [5.74, 6) is 0.252. The van der Waals surface area contributed by atoms with Crippen LogP contribution in [0.5, 0.6) is 0 Å². The maximum atomic E-state index is 12.3. The van der Waals surface area contributed by atoms with Gasteiger partial charge < -0.3 is 9.64 Å². The summed E-state index contributed by atoms with van der Waals surface area (Å²) in [6.07, 6.45) is 4.53. The van der Waals surface area contributed by atoms with Crippen molar-refractivity contribution in [1.29, 1.82) is 0 Å². The lowest BCUT2D eigenvalue weighted by molar-refractivity contribution is -0.134. The summed E-state index contributed by atoms with van der Waals surface area (Å²) in [5.41, 5.74) is 0. The van der Waals surface area contributed by atoms with E-state index in [-0.39, 0.29) is 30.3 Å². The average Bonchev–Trinajstić information content (AvgIpc) is 2.89. The second kappa shape index (κ2) is 5.36. The molecule has 2 saturated heterocycles. The topological polar surface area (TPSA) is 41.6 Å². The monoisotopic (exact) mass is 240 g/mol. The summed E-state index contributed by atoms with van der Waals surface area (Å²) in [6, 6.07) is 0.202. The third-order valence-electron chi connectivity index (χ3n) is 3.93. The first-order chi connectivity index (χ1) is 8.15. The van der Waals surface area contributed by atoms with Gasteiger partial charge in [-0.1, -0.05) is 13.3 Å². The predicted molar refractivity (Wildman–Crippen MR) is 66.6 cm³/mol.